The van der Waals surface area contributed by atoms with Crippen molar-refractivity contribution >= 4 is 23.3 Å². The van der Waals surface area contributed by atoms with Gasteiger partial charge in [0.15, 0.2) is 12.7 Å². The van der Waals surface area contributed by atoms with Gasteiger partial charge in [-0.25, -0.2) is 4.98 Å². The molecule has 2 aromatic carbocycles. The van der Waals surface area contributed by atoms with Crippen molar-refractivity contribution in [2.24, 2.45) is 0 Å². The van der Waals surface area contributed by atoms with E-state index in [1.807, 2.05) is 30.5 Å². The first-order chi connectivity index (χ1) is 10.4. The summed E-state index contributed by atoms with van der Waals surface area (Å²) in [5.74, 6) is 2.10. The van der Waals surface area contributed by atoms with Crippen molar-refractivity contribution in [3.63, 3.8) is 0 Å². The fourth-order valence-corrected chi connectivity index (χ4v) is 5.90. The van der Waals surface area contributed by atoms with Gasteiger partial charge in [-0.1, -0.05) is 49.0 Å². The number of benzene rings is 2. The molecule has 0 saturated carbocycles. The van der Waals surface area contributed by atoms with E-state index in [0.29, 0.717) is 0 Å². The predicted octanol–water partition coefficient (Wildman–Crippen LogP) is 3.52. The molecule has 1 aromatic heterocycles. The molecule has 3 rings (SSSR count). The van der Waals surface area contributed by atoms with Crippen LogP contribution in [-0.4, -0.2) is 4.98 Å². The van der Waals surface area contributed by atoms with Gasteiger partial charge in [0.25, 0.3) is 0 Å². The summed E-state index contributed by atoms with van der Waals surface area (Å²) < 4.78 is 0. The van der Waals surface area contributed by atoms with Gasteiger partial charge in [0.2, 0.25) is 0 Å². The SMILES string of the molecule is C=C[P+](c1ccccc1)(c1ccccc1)c1ccccn1. The normalized spacial score (nSPS) is 11.0. The van der Waals surface area contributed by atoms with E-state index in [-0.39, 0.29) is 0 Å². The third-order valence-electron chi connectivity index (χ3n) is 3.61. The summed E-state index contributed by atoms with van der Waals surface area (Å²) in [6.45, 7) is 4.17. The van der Waals surface area contributed by atoms with Crippen molar-refractivity contribution in [2.75, 3.05) is 0 Å². The molecule has 2 heteroatoms. The Morgan fingerprint density at radius 1 is 0.714 bits per heavy atom. The second kappa shape index (κ2) is 6.03. The van der Waals surface area contributed by atoms with E-state index in [2.05, 4.69) is 72.0 Å². The van der Waals surface area contributed by atoms with Crippen molar-refractivity contribution in [3.8, 4) is 0 Å². The Hall–Kier alpha value is -2.24. The van der Waals surface area contributed by atoms with Crippen LogP contribution < -0.4 is 16.0 Å². The van der Waals surface area contributed by atoms with Crippen LogP contribution in [0.25, 0.3) is 0 Å². The molecule has 0 saturated heterocycles. The molecule has 0 aliphatic rings. The van der Waals surface area contributed by atoms with E-state index in [0.717, 1.165) is 5.44 Å². The lowest BCUT2D eigenvalue weighted by Gasteiger charge is -2.22. The summed E-state index contributed by atoms with van der Waals surface area (Å²) in [5.41, 5.74) is 1.09. The number of rotatable bonds is 4. The Morgan fingerprint density at radius 2 is 1.24 bits per heavy atom. The molecule has 3 aromatic rings. The highest BCUT2D eigenvalue weighted by Gasteiger charge is 2.43. The van der Waals surface area contributed by atoms with Gasteiger partial charge >= 0.3 is 0 Å². The summed E-state index contributed by atoms with van der Waals surface area (Å²) in [6.07, 6.45) is 1.86. The number of hydrogen-bond donors (Lipinski definition) is 0. The summed E-state index contributed by atoms with van der Waals surface area (Å²) in [5, 5.41) is 2.56. The second-order valence-electron chi connectivity index (χ2n) is 4.76. The van der Waals surface area contributed by atoms with Crippen molar-refractivity contribution in [2.45, 2.75) is 0 Å². The molecule has 0 radical (unpaired) electrons. The van der Waals surface area contributed by atoms with Gasteiger partial charge in [-0.3, -0.25) is 0 Å². The molecule has 0 amide bonds. The van der Waals surface area contributed by atoms with Gasteiger partial charge in [-0.05, 0) is 30.3 Å². The highest BCUT2D eigenvalue weighted by atomic mass is 31.2. The van der Waals surface area contributed by atoms with Crippen LogP contribution in [0.4, 0.5) is 0 Å². The molecule has 0 bridgehead atoms. The molecule has 21 heavy (non-hydrogen) atoms. The predicted molar refractivity (Wildman–Crippen MR) is 93.1 cm³/mol. The lowest BCUT2D eigenvalue weighted by atomic mass is 10.4. The van der Waals surface area contributed by atoms with Gasteiger partial charge in [0.05, 0.1) is 5.82 Å². The lowest BCUT2D eigenvalue weighted by molar-refractivity contribution is 1.39. The Morgan fingerprint density at radius 3 is 1.67 bits per heavy atom. The number of pyridine rings is 1. The number of aromatic nitrogens is 1. The van der Waals surface area contributed by atoms with E-state index in [1.54, 1.807) is 0 Å². The average molecular weight is 290 g/mol. The van der Waals surface area contributed by atoms with Gasteiger partial charge in [0.1, 0.15) is 10.6 Å². The third-order valence-corrected chi connectivity index (χ3v) is 7.37. The van der Waals surface area contributed by atoms with Crippen molar-refractivity contribution in [3.05, 3.63) is 97.5 Å². The standard InChI is InChI=1S/C19H17NP/c1-2-21(17-11-5-3-6-12-17,18-13-7-4-8-14-18)19-15-9-10-16-20-19/h2-16H,1H2/q+1. The highest BCUT2D eigenvalue weighted by Crippen LogP contribution is 2.55. The van der Waals surface area contributed by atoms with Crippen LogP contribution in [0, 0.1) is 0 Å². The van der Waals surface area contributed by atoms with Crippen LogP contribution in [0.15, 0.2) is 97.5 Å². The molecule has 0 atom stereocenters. The number of hydrogen-bond acceptors (Lipinski definition) is 1. The fourth-order valence-electron chi connectivity index (χ4n) is 2.61. The summed E-state index contributed by atoms with van der Waals surface area (Å²) in [4.78, 5) is 4.65. The summed E-state index contributed by atoms with van der Waals surface area (Å²) in [6, 6.07) is 27.2. The zero-order valence-corrected chi connectivity index (χ0v) is 12.7. The Bertz CT molecular complexity index is 612. The topological polar surface area (TPSA) is 12.9 Å². The quantitative estimate of drug-likeness (QED) is 0.670. The van der Waals surface area contributed by atoms with Crippen LogP contribution in [0.3, 0.4) is 0 Å². The molecule has 1 heterocycles. The smallest absolute Gasteiger partial charge is 0.197 e. The third kappa shape index (κ3) is 2.41. The molecular weight excluding hydrogens is 273 g/mol. The Balaban J connectivity index is 2.31. The molecule has 0 N–H and O–H groups in total. The molecule has 0 unspecified atom stereocenters. The molecule has 0 aliphatic carbocycles. The molecule has 0 fully saturated rings. The van der Waals surface area contributed by atoms with Crippen molar-refractivity contribution < 1.29 is 0 Å². The summed E-state index contributed by atoms with van der Waals surface area (Å²) >= 11 is 0. The zero-order valence-electron chi connectivity index (χ0n) is 11.8. The molecule has 102 valence electrons. The maximum atomic E-state index is 4.65. The van der Waals surface area contributed by atoms with E-state index in [1.165, 1.54) is 10.6 Å². The van der Waals surface area contributed by atoms with E-state index in [4.69, 9.17) is 0 Å². The van der Waals surface area contributed by atoms with E-state index in [9.17, 15) is 0 Å². The van der Waals surface area contributed by atoms with Crippen LogP contribution in [0.2, 0.25) is 0 Å². The first-order valence-electron chi connectivity index (χ1n) is 6.93. The van der Waals surface area contributed by atoms with E-state index >= 15 is 0 Å². The number of nitrogens with zero attached hydrogens (tertiary/aromatic N) is 1. The van der Waals surface area contributed by atoms with Gasteiger partial charge in [-0.2, -0.15) is 0 Å². The lowest BCUT2D eigenvalue weighted by Crippen LogP contribution is -2.31. The monoisotopic (exact) mass is 290 g/mol. The largest absolute Gasteiger partial charge is 0.221 e. The second-order valence-corrected chi connectivity index (χ2v) is 8.07. The van der Waals surface area contributed by atoms with Crippen LogP contribution in [0.5, 0.6) is 0 Å². The first kappa shape index (κ1) is 13.7. The zero-order chi connectivity index (χ0) is 14.5. The van der Waals surface area contributed by atoms with Crippen molar-refractivity contribution in [1.29, 1.82) is 0 Å². The molecule has 1 nitrogen and oxygen atoms in total. The molecular formula is C19H17NP+. The Kier molecular flexibility index (Phi) is 3.94. The average Bonchev–Trinajstić information content (AvgIpc) is 2.59. The van der Waals surface area contributed by atoms with Gasteiger partial charge in [-0.15, -0.1) is 0 Å². The Labute approximate surface area is 126 Å². The van der Waals surface area contributed by atoms with Gasteiger partial charge in [0, 0.05) is 12.3 Å². The molecule has 0 aliphatic heterocycles. The molecule has 0 spiro atoms. The first-order valence-corrected chi connectivity index (χ1v) is 8.79. The fraction of sp³-hybridized carbons (Fsp3) is 0. The van der Waals surface area contributed by atoms with E-state index < -0.39 is 7.26 Å². The van der Waals surface area contributed by atoms with Crippen molar-refractivity contribution in [1.82, 2.24) is 4.98 Å². The minimum atomic E-state index is -1.88. The minimum absolute atomic E-state index is 1.09. The minimum Gasteiger partial charge on any atom is -0.221 e. The van der Waals surface area contributed by atoms with Gasteiger partial charge < -0.3 is 0 Å². The summed E-state index contributed by atoms with van der Waals surface area (Å²) in [7, 11) is -1.88. The van der Waals surface area contributed by atoms with Crippen LogP contribution in [0.1, 0.15) is 0 Å². The van der Waals surface area contributed by atoms with Crippen LogP contribution in [-0.2, 0) is 0 Å². The van der Waals surface area contributed by atoms with Crippen LogP contribution >= 0.6 is 7.26 Å². The maximum Gasteiger partial charge on any atom is 0.197 e. The highest BCUT2D eigenvalue weighted by molar-refractivity contribution is 7.98. The maximum absolute atomic E-state index is 4.65.